The minimum absolute atomic E-state index is 0.138. The third-order valence-electron chi connectivity index (χ3n) is 3.50. The van der Waals surface area contributed by atoms with Gasteiger partial charge in [-0.1, -0.05) is 25.6 Å². The van der Waals surface area contributed by atoms with Crippen LogP contribution in [0.3, 0.4) is 0 Å². The predicted octanol–water partition coefficient (Wildman–Crippen LogP) is 4.71. The highest BCUT2D eigenvalue weighted by Crippen LogP contribution is 2.48. The number of carbonyl (C=O) groups is 1. The molecule has 1 aliphatic heterocycles. The fraction of sp³-hybridized carbons (Fsp3) is 0.533. The molecule has 3 nitrogen and oxygen atoms in total. The highest BCUT2D eigenvalue weighted by Gasteiger charge is 2.47. The predicted molar refractivity (Wildman–Crippen MR) is 89.3 cm³/mol. The summed E-state index contributed by atoms with van der Waals surface area (Å²) in [5.74, 6) is 0.486. The second kappa shape index (κ2) is 7.17. The van der Waals surface area contributed by atoms with E-state index in [0.717, 1.165) is 29.5 Å². The van der Waals surface area contributed by atoms with Gasteiger partial charge in [0.15, 0.2) is 5.70 Å². The fourth-order valence-corrected chi connectivity index (χ4v) is 4.45. The molecule has 0 saturated carbocycles. The normalized spacial score (nSPS) is 18.9. The first-order valence-corrected chi connectivity index (χ1v) is 9.05. The van der Waals surface area contributed by atoms with E-state index >= 15 is 0 Å². The third kappa shape index (κ3) is 4.03. The molecule has 1 atom stereocenters. The number of rotatable bonds is 6. The number of nitrogens with one attached hydrogen (secondary N) is 1. The Kier molecular flexibility index (Phi) is 5.67. The van der Waals surface area contributed by atoms with Gasteiger partial charge in [0.05, 0.1) is 11.1 Å². The van der Waals surface area contributed by atoms with E-state index in [2.05, 4.69) is 19.2 Å². The molecule has 1 N–H and O–H groups in total. The Hall–Kier alpha value is -1.15. The number of hydrogen-bond acceptors (Lipinski definition) is 4. The van der Waals surface area contributed by atoms with E-state index in [1.54, 1.807) is 13.0 Å². The van der Waals surface area contributed by atoms with Crippen LogP contribution in [0.5, 0.6) is 0 Å². The number of hydrogen-bond donors (Lipinski definition) is 1. The molecule has 1 aromatic rings. The molecule has 2 heterocycles. The van der Waals surface area contributed by atoms with E-state index in [-0.39, 0.29) is 11.4 Å². The molecule has 0 radical (unpaired) electrons. The van der Waals surface area contributed by atoms with Crippen molar-refractivity contribution in [3.63, 3.8) is 0 Å². The highest BCUT2D eigenvalue weighted by molar-refractivity contribution is 8.04. The summed E-state index contributed by atoms with van der Waals surface area (Å²) in [6, 6.07) is 1.73. The van der Waals surface area contributed by atoms with E-state index < -0.39 is 17.2 Å². The van der Waals surface area contributed by atoms with Crippen molar-refractivity contribution in [1.29, 1.82) is 0 Å². The number of halogens is 3. The first-order valence-electron chi connectivity index (χ1n) is 7.29. The molecule has 8 heteroatoms. The van der Waals surface area contributed by atoms with Crippen LogP contribution >= 0.6 is 23.1 Å². The lowest BCUT2D eigenvalue weighted by molar-refractivity contribution is -0.109. The zero-order valence-corrected chi connectivity index (χ0v) is 14.7. The number of allylic oxidation sites excluding steroid dienone is 1. The van der Waals surface area contributed by atoms with E-state index in [1.807, 2.05) is 5.38 Å². The Morgan fingerprint density at radius 3 is 2.70 bits per heavy atom. The van der Waals surface area contributed by atoms with E-state index in [4.69, 9.17) is 0 Å². The van der Waals surface area contributed by atoms with Crippen LogP contribution in [0.1, 0.15) is 32.1 Å². The summed E-state index contributed by atoms with van der Waals surface area (Å²) in [7, 11) is 0. The van der Waals surface area contributed by atoms with Gasteiger partial charge in [-0.15, -0.1) is 11.3 Å². The quantitative estimate of drug-likeness (QED) is 0.742. The Morgan fingerprint density at radius 1 is 1.43 bits per heavy atom. The van der Waals surface area contributed by atoms with Crippen LogP contribution in [0.15, 0.2) is 22.2 Å². The van der Waals surface area contributed by atoms with E-state index in [9.17, 15) is 18.0 Å². The number of aryl methyl sites for hydroxylation is 1. The standard InChI is InChI=1S/C15H19F3N2OS2/c1-9(2)4-5-12-11(6-7-22-12)20-10(3)23-14(19-8-21)13(20)15(16,17)18/h6-10H,4-5H2,1-3H3,(H,19,21). The smallest absolute Gasteiger partial charge is 0.322 e. The molecule has 0 spiro atoms. The SMILES string of the molecule is CC(C)CCc1sccc1N1C(C(F)(F)F)=C(NC=O)SC1C. The Labute approximate surface area is 141 Å². The maximum Gasteiger partial charge on any atom is 0.434 e. The van der Waals surface area contributed by atoms with Crippen molar-refractivity contribution in [3.05, 3.63) is 27.0 Å². The molecule has 0 aromatic carbocycles. The molecule has 1 amide bonds. The fourth-order valence-electron chi connectivity index (χ4n) is 2.46. The van der Waals surface area contributed by atoms with Crippen molar-refractivity contribution in [2.75, 3.05) is 4.90 Å². The van der Waals surface area contributed by atoms with Crippen LogP contribution in [0.25, 0.3) is 0 Å². The lowest BCUT2D eigenvalue weighted by atomic mass is 10.1. The Morgan fingerprint density at radius 2 is 2.13 bits per heavy atom. The lowest BCUT2D eigenvalue weighted by Crippen LogP contribution is -2.34. The second-order valence-corrected chi connectivity index (χ2v) is 8.01. The number of thioether (sulfide) groups is 1. The third-order valence-corrected chi connectivity index (χ3v) is 5.57. The summed E-state index contributed by atoms with van der Waals surface area (Å²) in [6.07, 6.45) is -2.56. The Balaban J connectivity index is 2.40. The highest BCUT2D eigenvalue weighted by atomic mass is 32.2. The van der Waals surface area contributed by atoms with Gasteiger partial charge >= 0.3 is 6.18 Å². The average molecular weight is 364 g/mol. The van der Waals surface area contributed by atoms with Crippen molar-refractivity contribution in [2.24, 2.45) is 5.92 Å². The molecule has 0 fully saturated rings. The van der Waals surface area contributed by atoms with Gasteiger partial charge in [-0.25, -0.2) is 0 Å². The van der Waals surface area contributed by atoms with Gasteiger partial charge in [-0.05, 0) is 37.1 Å². The number of carbonyl (C=O) groups excluding carboxylic acids is 1. The summed E-state index contributed by atoms with van der Waals surface area (Å²) in [6.45, 7) is 5.89. The Bertz CT molecular complexity index is 596. The van der Waals surface area contributed by atoms with Crippen LogP contribution in [0.2, 0.25) is 0 Å². The van der Waals surface area contributed by atoms with E-state index in [0.29, 0.717) is 11.6 Å². The monoisotopic (exact) mass is 364 g/mol. The zero-order chi connectivity index (χ0) is 17.2. The second-order valence-electron chi connectivity index (χ2n) is 5.69. The summed E-state index contributed by atoms with van der Waals surface area (Å²) in [5.41, 5.74) is -0.197. The molecule has 1 aliphatic rings. The van der Waals surface area contributed by atoms with Crippen LogP contribution in [-0.2, 0) is 11.2 Å². The molecule has 1 unspecified atom stereocenters. The molecule has 23 heavy (non-hydrogen) atoms. The molecular formula is C15H19F3N2OS2. The number of anilines is 1. The van der Waals surface area contributed by atoms with Crippen LogP contribution in [0, 0.1) is 5.92 Å². The number of thiophene rings is 1. The topological polar surface area (TPSA) is 32.3 Å². The first kappa shape index (κ1) is 18.2. The average Bonchev–Trinajstić information content (AvgIpc) is 2.99. The van der Waals surface area contributed by atoms with Crippen LogP contribution in [-0.4, -0.2) is 18.0 Å². The molecule has 1 aromatic heterocycles. The summed E-state index contributed by atoms with van der Waals surface area (Å²) < 4.78 is 40.6. The van der Waals surface area contributed by atoms with Crippen molar-refractivity contribution >= 4 is 35.2 Å². The molecule has 0 saturated heterocycles. The largest absolute Gasteiger partial charge is 0.434 e. The maximum atomic E-state index is 13.5. The minimum Gasteiger partial charge on any atom is -0.322 e. The van der Waals surface area contributed by atoms with Gasteiger partial charge < -0.3 is 10.2 Å². The van der Waals surface area contributed by atoms with Crippen LogP contribution in [0.4, 0.5) is 18.9 Å². The van der Waals surface area contributed by atoms with Gasteiger partial charge in [0.2, 0.25) is 6.41 Å². The zero-order valence-electron chi connectivity index (χ0n) is 13.1. The van der Waals surface area contributed by atoms with Gasteiger partial charge in [-0.3, -0.25) is 4.79 Å². The molecule has 128 valence electrons. The lowest BCUT2D eigenvalue weighted by Gasteiger charge is -2.28. The van der Waals surface area contributed by atoms with Gasteiger partial charge in [0.25, 0.3) is 0 Å². The minimum atomic E-state index is -4.53. The summed E-state index contributed by atoms with van der Waals surface area (Å²) >= 11 is 2.49. The summed E-state index contributed by atoms with van der Waals surface area (Å²) in [5, 5.41) is 3.45. The van der Waals surface area contributed by atoms with Gasteiger partial charge in [-0.2, -0.15) is 13.2 Å². The van der Waals surface area contributed by atoms with E-state index in [1.165, 1.54) is 16.2 Å². The molecule has 2 rings (SSSR count). The first-order chi connectivity index (χ1) is 10.8. The van der Waals surface area contributed by atoms with Gasteiger partial charge in [0.1, 0.15) is 5.03 Å². The molecule has 0 aliphatic carbocycles. The van der Waals surface area contributed by atoms with Gasteiger partial charge in [0, 0.05) is 4.88 Å². The number of alkyl halides is 3. The van der Waals surface area contributed by atoms with Crippen LogP contribution < -0.4 is 10.2 Å². The summed E-state index contributed by atoms with van der Waals surface area (Å²) in [4.78, 5) is 12.9. The number of nitrogens with zero attached hydrogens (tertiary/aromatic N) is 1. The number of amides is 1. The van der Waals surface area contributed by atoms with Crippen molar-refractivity contribution in [3.8, 4) is 0 Å². The van der Waals surface area contributed by atoms with Crippen molar-refractivity contribution in [2.45, 2.75) is 45.2 Å². The maximum absolute atomic E-state index is 13.5. The van der Waals surface area contributed by atoms with Crippen molar-refractivity contribution in [1.82, 2.24) is 5.32 Å². The molecule has 0 bridgehead atoms. The van der Waals surface area contributed by atoms with Crippen molar-refractivity contribution < 1.29 is 18.0 Å². The molecular weight excluding hydrogens is 345 g/mol.